The second kappa shape index (κ2) is 4.32. The summed E-state index contributed by atoms with van der Waals surface area (Å²) in [5, 5.41) is 2.84. The van der Waals surface area contributed by atoms with Crippen molar-refractivity contribution in [2.75, 3.05) is 0 Å². The van der Waals surface area contributed by atoms with Crippen LogP contribution in [0.5, 0.6) is 0 Å². The third-order valence-electron chi connectivity index (χ3n) is 2.09. The summed E-state index contributed by atoms with van der Waals surface area (Å²) >= 11 is 5.48. The molecule has 0 radical (unpaired) electrons. The zero-order valence-electron chi connectivity index (χ0n) is 8.01. The Balaban J connectivity index is 2.47. The van der Waals surface area contributed by atoms with Gasteiger partial charge < -0.3 is 0 Å². The highest BCUT2D eigenvalue weighted by molar-refractivity contribution is 6.65. The molecular formula is C10H7ClN2O3. The largest absolute Gasteiger partial charge is 0.438 e. The molecule has 2 aromatic rings. The van der Waals surface area contributed by atoms with E-state index < -0.39 is 16.9 Å². The number of carbonyl (C=O) groups is 1. The highest BCUT2D eigenvalue weighted by Crippen LogP contribution is 2.23. The van der Waals surface area contributed by atoms with E-state index in [0.29, 0.717) is 5.56 Å². The lowest BCUT2D eigenvalue weighted by molar-refractivity contribution is -0.112. The maximum absolute atomic E-state index is 11.3. The summed E-state index contributed by atoms with van der Waals surface area (Å²) < 4.78 is 4.35. The van der Waals surface area contributed by atoms with Crippen molar-refractivity contribution in [2.45, 2.75) is 5.92 Å². The third-order valence-corrected chi connectivity index (χ3v) is 2.31. The van der Waals surface area contributed by atoms with Crippen molar-refractivity contribution in [3.05, 3.63) is 52.3 Å². The molecule has 0 saturated carbocycles. The molecule has 5 nitrogen and oxygen atoms in total. The number of nitrogens with one attached hydrogen (secondary N) is 1. The van der Waals surface area contributed by atoms with Gasteiger partial charge in [0, 0.05) is 0 Å². The summed E-state index contributed by atoms with van der Waals surface area (Å²) in [6.45, 7) is 0. The molecule has 0 amide bonds. The number of nitrogens with zero attached hydrogens (tertiary/aromatic N) is 1. The average Bonchev–Trinajstić information content (AvgIpc) is 2.66. The van der Waals surface area contributed by atoms with Gasteiger partial charge >= 0.3 is 5.76 Å². The van der Waals surface area contributed by atoms with Gasteiger partial charge in [0.15, 0.2) is 5.82 Å². The first kappa shape index (κ1) is 10.6. The number of hydrogen-bond donors (Lipinski definition) is 1. The quantitative estimate of drug-likeness (QED) is 0.817. The van der Waals surface area contributed by atoms with Crippen molar-refractivity contribution in [3.63, 3.8) is 0 Å². The minimum atomic E-state index is -0.811. The van der Waals surface area contributed by atoms with Crippen LogP contribution in [-0.4, -0.2) is 15.4 Å². The molecule has 0 saturated heterocycles. The van der Waals surface area contributed by atoms with Crippen molar-refractivity contribution in [1.82, 2.24) is 10.1 Å². The van der Waals surface area contributed by atoms with E-state index in [0.717, 1.165) is 0 Å². The van der Waals surface area contributed by atoms with E-state index in [9.17, 15) is 9.59 Å². The van der Waals surface area contributed by atoms with Crippen molar-refractivity contribution in [3.8, 4) is 0 Å². The van der Waals surface area contributed by atoms with Gasteiger partial charge in [0.2, 0.25) is 5.24 Å². The van der Waals surface area contributed by atoms with Crippen LogP contribution in [0.15, 0.2) is 39.6 Å². The molecule has 0 fully saturated rings. The predicted octanol–water partition coefficient (Wildman–Crippen LogP) is 1.26. The van der Waals surface area contributed by atoms with Crippen LogP contribution in [0, 0.1) is 0 Å². The monoisotopic (exact) mass is 238 g/mol. The molecule has 1 atom stereocenters. The molecule has 1 heterocycles. The van der Waals surface area contributed by atoms with Gasteiger partial charge in [-0.05, 0) is 17.2 Å². The second-order valence-electron chi connectivity index (χ2n) is 3.13. The molecule has 0 aliphatic heterocycles. The Bertz CT molecular complexity index is 546. The molecule has 1 N–H and O–H groups in total. The standard InChI is InChI=1S/C10H7ClN2O3/c11-8(14)7(6-4-2-1-3-5-6)9-12-10(15)16-13-9/h1-5,7H,(H,12,13,15). The van der Waals surface area contributed by atoms with Crippen LogP contribution in [0.3, 0.4) is 0 Å². The molecule has 1 aromatic carbocycles. The first-order chi connectivity index (χ1) is 7.68. The molecule has 1 unspecified atom stereocenters. The van der Waals surface area contributed by atoms with Crippen LogP contribution in [0.2, 0.25) is 0 Å². The number of hydrogen-bond acceptors (Lipinski definition) is 4. The van der Waals surface area contributed by atoms with Crippen LogP contribution in [-0.2, 0) is 4.79 Å². The molecule has 0 aliphatic rings. The fraction of sp³-hybridized carbons (Fsp3) is 0.100. The van der Waals surface area contributed by atoms with Crippen LogP contribution < -0.4 is 5.76 Å². The Kier molecular flexibility index (Phi) is 2.87. The van der Waals surface area contributed by atoms with Gasteiger partial charge in [-0.3, -0.25) is 14.3 Å². The molecule has 0 spiro atoms. The van der Waals surface area contributed by atoms with E-state index in [1.807, 2.05) is 6.07 Å². The molecule has 0 aliphatic carbocycles. The molecular weight excluding hydrogens is 232 g/mol. The van der Waals surface area contributed by atoms with Gasteiger partial charge in [0.25, 0.3) is 0 Å². The van der Waals surface area contributed by atoms with Gasteiger partial charge in [-0.1, -0.05) is 35.5 Å². The Hall–Kier alpha value is -1.88. The summed E-state index contributed by atoms with van der Waals surface area (Å²) in [6.07, 6.45) is 0. The molecule has 16 heavy (non-hydrogen) atoms. The number of carbonyl (C=O) groups excluding carboxylic acids is 1. The summed E-state index contributed by atoms with van der Waals surface area (Å²) in [5.74, 6) is -1.42. The Labute approximate surface area is 95.0 Å². The van der Waals surface area contributed by atoms with Crippen LogP contribution in [0.25, 0.3) is 0 Å². The van der Waals surface area contributed by atoms with Crippen molar-refractivity contribution < 1.29 is 9.32 Å². The fourth-order valence-electron chi connectivity index (χ4n) is 1.41. The average molecular weight is 239 g/mol. The van der Waals surface area contributed by atoms with Crippen LogP contribution in [0.1, 0.15) is 17.3 Å². The molecule has 0 bridgehead atoms. The van der Waals surface area contributed by atoms with E-state index in [1.165, 1.54) is 0 Å². The van der Waals surface area contributed by atoms with E-state index in [-0.39, 0.29) is 5.82 Å². The molecule has 2 rings (SSSR count). The number of rotatable bonds is 3. The normalized spacial score (nSPS) is 12.3. The minimum Gasteiger partial charge on any atom is -0.296 e. The lowest BCUT2D eigenvalue weighted by Crippen LogP contribution is -2.11. The van der Waals surface area contributed by atoms with E-state index in [4.69, 9.17) is 11.6 Å². The van der Waals surface area contributed by atoms with Gasteiger partial charge in [-0.25, -0.2) is 4.79 Å². The van der Waals surface area contributed by atoms with Crippen LogP contribution in [0.4, 0.5) is 0 Å². The number of H-pyrrole nitrogens is 1. The van der Waals surface area contributed by atoms with E-state index >= 15 is 0 Å². The van der Waals surface area contributed by atoms with Crippen molar-refractivity contribution in [2.24, 2.45) is 0 Å². The third kappa shape index (κ3) is 2.04. The Morgan fingerprint density at radius 3 is 2.56 bits per heavy atom. The minimum absolute atomic E-state index is 0.108. The first-order valence-electron chi connectivity index (χ1n) is 4.48. The highest BCUT2D eigenvalue weighted by atomic mass is 35.5. The van der Waals surface area contributed by atoms with Crippen LogP contribution >= 0.6 is 11.6 Å². The Morgan fingerprint density at radius 2 is 2.06 bits per heavy atom. The number of benzene rings is 1. The molecule has 6 heteroatoms. The van der Waals surface area contributed by atoms with E-state index in [1.54, 1.807) is 24.3 Å². The summed E-state index contributed by atoms with van der Waals surface area (Å²) in [7, 11) is 0. The predicted molar refractivity (Wildman–Crippen MR) is 56.3 cm³/mol. The van der Waals surface area contributed by atoms with Crippen molar-refractivity contribution in [1.29, 1.82) is 0 Å². The Morgan fingerprint density at radius 1 is 1.38 bits per heavy atom. The smallest absolute Gasteiger partial charge is 0.296 e. The topological polar surface area (TPSA) is 76.0 Å². The summed E-state index contributed by atoms with van der Waals surface area (Å²) in [6, 6.07) is 8.78. The summed E-state index contributed by atoms with van der Waals surface area (Å²) in [4.78, 5) is 24.4. The SMILES string of the molecule is O=C(Cl)C(c1ccccc1)c1noc(=O)[nH]1. The number of aromatic amines is 1. The van der Waals surface area contributed by atoms with E-state index in [2.05, 4.69) is 14.7 Å². The number of halogens is 1. The summed E-state index contributed by atoms with van der Waals surface area (Å²) in [5.41, 5.74) is 0.645. The maximum Gasteiger partial charge on any atom is 0.438 e. The highest BCUT2D eigenvalue weighted by Gasteiger charge is 2.24. The van der Waals surface area contributed by atoms with Crippen molar-refractivity contribution >= 4 is 16.8 Å². The van der Waals surface area contributed by atoms with Gasteiger partial charge in [-0.15, -0.1) is 0 Å². The van der Waals surface area contributed by atoms with Gasteiger partial charge in [0.05, 0.1) is 0 Å². The lowest BCUT2D eigenvalue weighted by atomic mass is 10.00. The zero-order chi connectivity index (χ0) is 11.5. The van der Waals surface area contributed by atoms with Gasteiger partial charge in [-0.2, -0.15) is 0 Å². The fourth-order valence-corrected chi connectivity index (χ4v) is 1.64. The first-order valence-corrected chi connectivity index (χ1v) is 4.86. The van der Waals surface area contributed by atoms with Gasteiger partial charge in [0.1, 0.15) is 5.92 Å². The second-order valence-corrected chi connectivity index (χ2v) is 3.50. The molecule has 82 valence electrons. The maximum atomic E-state index is 11.3. The number of aromatic nitrogens is 2. The zero-order valence-corrected chi connectivity index (χ0v) is 8.77. The lowest BCUT2D eigenvalue weighted by Gasteiger charge is -2.07. The molecule has 1 aromatic heterocycles.